The molecule has 0 saturated heterocycles. The Morgan fingerprint density at radius 3 is 2.00 bits per heavy atom. The fraction of sp³-hybridized carbons (Fsp3) is 0.429. The molecule has 41 heavy (non-hydrogen) atoms. The van der Waals surface area contributed by atoms with Crippen molar-refractivity contribution < 1.29 is 26.9 Å². The molecule has 1 aromatic heterocycles. The molecule has 0 aliphatic carbocycles. The summed E-state index contributed by atoms with van der Waals surface area (Å²) >= 11 is 0. The van der Waals surface area contributed by atoms with Crippen molar-refractivity contribution in [3.8, 4) is 11.4 Å². The van der Waals surface area contributed by atoms with Crippen LogP contribution in [-0.2, 0) is 22.2 Å². The van der Waals surface area contributed by atoms with Crippen LogP contribution < -0.4 is 22.3 Å². The highest BCUT2D eigenvalue weighted by Gasteiger charge is 2.25. The zero-order chi connectivity index (χ0) is 30.0. The van der Waals surface area contributed by atoms with Crippen LogP contribution in [0.5, 0.6) is 5.75 Å². The van der Waals surface area contributed by atoms with Crippen molar-refractivity contribution in [2.75, 3.05) is 11.9 Å². The summed E-state index contributed by atoms with van der Waals surface area (Å²) in [5.41, 5.74) is 10.3. The van der Waals surface area contributed by atoms with E-state index in [0.717, 1.165) is 17.8 Å². The summed E-state index contributed by atoms with van der Waals surface area (Å²) in [4.78, 5) is 9.44. The van der Waals surface area contributed by atoms with Crippen molar-refractivity contribution in [2.24, 2.45) is 0 Å². The molecule has 0 unspecified atom stereocenters. The Morgan fingerprint density at radius 2 is 1.46 bits per heavy atom. The number of hydrogen-bond acceptors (Lipinski definition) is 3. The van der Waals surface area contributed by atoms with E-state index in [1.54, 1.807) is 0 Å². The van der Waals surface area contributed by atoms with Gasteiger partial charge in [-0.3, -0.25) is 0 Å². The molecule has 0 saturated carbocycles. The quantitative estimate of drug-likeness (QED) is 0.263. The number of carbonyl (C=O) groups excluding carboxylic acids is 1. The first-order chi connectivity index (χ1) is 18.5. The van der Waals surface area contributed by atoms with E-state index in [0.29, 0.717) is 12.3 Å². The highest BCUT2D eigenvalue weighted by molar-refractivity contribution is 5.75. The van der Waals surface area contributed by atoms with Crippen LogP contribution in [0.25, 0.3) is 16.7 Å². The number of nitrogens with one attached hydrogen (secondary N) is 1. The number of fused-ring (bicyclic) bond motifs is 1. The van der Waals surface area contributed by atoms with Crippen molar-refractivity contribution in [3.05, 3.63) is 82.7 Å². The third-order valence-corrected chi connectivity index (χ3v) is 7.03. The topological polar surface area (TPSA) is 58.1 Å². The Balaban J connectivity index is 0.00000110. The SMILES string of the molecule is CC(C)=O.Cc1cc(C)c(-n2c[n+](CCNc3cc(C(C)(C)C)cc(C(C)(C)C)c3O)c3ccccc32)c(C)c1.[Cl-]. The van der Waals surface area contributed by atoms with Crippen LogP contribution in [0.3, 0.4) is 0 Å². The Bertz CT molecular complexity index is 1490. The van der Waals surface area contributed by atoms with Gasteiger partial charge in [-0.1, -0.05) is 77.4 Å². The molecule has 4 aromatic rings. The van der Waals surface area contributed by atoms with Gasteiger partial charge in [0.05, 0.1) is 12.2 Å². The molecule has 0 amide bonds. The number of carbonyl (C=O) groups is 1. The predicted molar refractivity (Wildman–Crippen MR) is 168 cm³/mol. The number of imidazole rings is 1. The number of ketones is 1. The largest absolute Gasteiger partial charge is 1.00 e. The maximum atomic E-state index is 11.1. The van der Waals surface area contributed by atoms with Crippen molar-refractivity contribution >= 4 is 22.5 Å². The fourth-order valence-corrected chi connectivity index (χ4v) is 5.17. The first kappa shape index (κ1) is 33.9. The van der Waals surface area contributed by atoms with E-state index >= 15 is 0 Å². The second kappa shape index (κ2) is 13.1. The second-order valence-electron chi connectivity index (χ2n) is 13.2. The lowest BCUT2D eigenvalue weighted by molar-refractivity contribution is -0.668. The molecule has 1 heterocycles. The Kier molecular flexibility index (Phi) is 10.8. The molecule has 0 bridgehead atoms. The minimum atomic E-state index is -0.145. The van der Waals surface area contributed by atoms with Crippen LogP contribution >= 0.6 is 0 Å². The van der Waals surface area contributed by atoms with Gasteiger partial charge < -0.3 is 27.6 Å². The number of aromatic hydroxyl groups is 1. The van der Waals surface area contributed by atoms with Gasteiger partial charge in [0, 0.05) is 5.56 Å². The van der Waals surface area contributed by atoms with E-state index < -0.39 is 0 Å². The van der Waals surface area contributed by atoms with Gasteiger partial charge in [0.1, 0.15) is 23.8 Å². The molecule has 0 aliphatic heterocycles. The van der Waals surface area contributed by atoms with E-state index in [-0.39, 0.29) is 29.0 Å². The number of halogens is 1. The summed E-state index contributed by atoms with van der Waals surface area (Å²) in [7, 11) is 0. The third-order valence-electron chi connectivity index (χ3n) is 7.03. The molecule has 6 heteroatoms. The number of benzene rings is 3. The molecule has 3 aromatic carbocycles. The number of phenols is 1. The number of hydrogen-bond donors (Lipinski definition) is 2. The van der Waals surface area contributed by atoms with E-state index in [4.69, 9.17) is 0 Å². The molecule has 0 radical (unpaired) electrons. The molecule has 0 spiro atoms. The zero-order valence-corrected chi connectivity index (χ0v) is 27.5. The first-order valence-corrected chi connectivity index (χ1v) is 14.2. The van der Waals surface area contributed by atoms with Gasteiger partial charge in [0.25, 0.3) is 0 Å². The Hall–Kier alpha value is -3.31. The van der Waals surface area contributed by atoms with Gasteiger partial charge in [-0.25, -0.2) is 4.57 Å². The number of nitrogens with zero attached hydrogens (tertiary/aromatic N) is 2. The number of anilines is 1. The van der Waals surface area contributed by atoms with Crippen LogP contribution in [0.4, 0.5) is 5.69 Å². The number of aromatic nitrogens is 2. The molecule has 0 fully saturated rings. The fourth-order valence-electron chi connectivity index (χ4n) is 5.17. The van der Waals surface area contributed by atoms with Gasteiger partial charge in [-0.15, -0.1) is 0 Å². The van der Waals surface area contributed by atoms with Crippen LogP contribution in [-0.4, -0.2) is 22.0 Å². The van der Waals surface area contributed by atoms with Gasteiger partial charge in [0.15, 0.2) is 11.0 Å². The first-order valence-electron chi connectivity index (χ1n) is 14.2. The third kappa shape index (κ3) is 8.13. The molecule has 222 valence electrons. The lowest BCUT2D eigenvalue weighted by Crippen LogP contribution is -3.00. The normalized spacial score (nSPS) is 11.5. The lowest BCUT2D eigenvalue weighted by Gasteiger charge is -2.27. The summed E-state index contributed by atoms with van der Waals surface area (Å²) in [5.74, 6) is 0.522. The maximum absolute atomic E-state index is 11.1. The summed E-state index contributed by atoms with van der Waals surface area (Å²) < 4.78 is 4.62. The Morgan fingerprint density at radius 1 is 0.902 bits per heavy atom. The van der Waals surface area contributed by atoms with E-state index in [9.17, 15) is 9.90 Å². The van der Waals surface area contributed by atoms with Crippen molar-refractivity contribution in [2.45, 2.75) is 93.5 Å². The average molecular weight is 578 g/mol. The predicted octanol–water partition coefficient (Wildman–Crippen LogP) is 4.86. The van der Waals surface area contributed by atoms with Gasteiger partial charge >= 0.3 is 0 Å². The molecule has 2 N–H and O–H groups in total. The standard InChI is InChI=1S/C32H41N3O.C3H6O.ClH/c1-21-16-22(2)29(23(3)17-21)35-20-34(27-12-10-11-13-28(27)35)15-14-33-26-19-24(31(4,5)6)18-25(30(26)36)32(7,8)9;1-3(2)4;/h10-13,16-20,33H,14-15H2,1-9H3;1-2H3;1H. The van der Waals surface area contributed by atoms with Crippen LogP contribution in [0, 0.1) is 20.8 Å². The van der Waals surface area contributed by atoms with E-state index in [2.05, 4.69) is 132 Å². The van der Waals surface area contributed by atoms with Gasteiger partial charge in [-0.2, -0.15) is 4.57 Å². The lowest BCUT2D eigenvalue weighted by atomic mass is 9.79. The van der Waals surface area contributed by atoms with Crippen LogP contribution in [0.15, 0.2) is 54.9 Å². The average Bonchev–Trinajstić information content (AvgIpc) is 3.16. The van der Waals surface area contributed by atoms with Gasteiger partial charge in [0.2, 0.25) is 6.33 Å². The summed E-state index contributed by atoms with van der Waals surface area (Å²) in [6.45, 7) is 24.2. The molecule has 4 rings (SSSR count). The Labute approximate surface area is 253 Å². The molecule has 0 aliphatic rings. The number of aryl methyl sites for hydroxylation is 3. The summed E-state index contributed by atoms with van der Waals surface area (Å²) in [5, 5.41) is 14.7. The molecular formula is C35H48ClN3O2. The van der Waals surface area contributed by atoms with E-state index in [1.807, 2.05) is 0 Å². The highest BCUT2D eigenvalue weighted by Crippen LogP contribution is 2.40. The van der Waals surface area contributed by atoms with Gasteiger partial charge in [-0.05, 0) is 80.3 Å². The number of phenolic OH excluding ortho intramolecular Hbond substituents is 1. The van der Waals surface area contributed by atoms with E-state index in [1.165, 1.54) is 52.8 Å². The van der Waals surface area contributed by atoms with Crippen molar-refractivity contribution in [1.82, 2.24) is 4.57 Å². The van der Waals surface area contributed by atoms with Crippen LogP contribution in [0.1, 0.15) is 83.2 Å². The van der Waals surface area contributed by atoms with Crippen LogP contribution in [0.2, 0.25) is 0 Å². The molecular weight excluding hydrogens is 530 g/mol. The molecule has 0 atom stereocenters. The highest BCUT2D eigenvalue weighted by atomic mass is 35.5. The smallest absolute Gasteiger partial charge is 0.250 e. The monoisotopic (exact) mass is 577 g/mol. The van der Waals surface area contributed by atoms with Crippen molar-refractivity contribution in [1.29, 1.82) is 0 Å². The minimum absolute atomic E-state index is 0. The van der Waals surface area contributed by atoms with Crippen molar-refractivity contribution in [3.63, 3.8) is 0 Å². The number of rotatable bonds is 5. The number of Topliss-reactive ketones (excluding diaryl/α,β-unsaturated/α-hetero) is 1. The number of para-hydroxylation sites is 2. The summed E-state index contributed by atoms with van der Waals surface area (Å²) in [6, 6.07) is 17.3. The molecule has 5 nitrogen and oxygen atoms in total. The second-order valence-corrected chi connectivity index (χ2v) is 13.2. The maximum Gasteiger partial charge on any atom is 0.250 e. The zero-order valence-electron chi connectivity index (χ0n) is 26.7. The summed E-state index contributed by atoms with van der Waals surface area (Å²) in [6.07, 6.45) is 2.21. The minimum Gasteiger partial charge on any atom is -1.00 e.